The molecule has 1 fully saturated rings. The summed E-state index contributed by atoms with van der Waals surface area (Å²) < 4.78 is 1.16. The smallest absolute Gasteiger partial charge is 0.0420 e. The number of nitrogens with one attached hydrogen (secondary N) is 1. The van der Waals surface area contributed by atoms with E-state index >= 15 is 0 Å². The number of likely N-dealkylation sites (tertiary alicyclic amines) is 1. The Balaban J connectivity index is 2.03. The summed E-state index contributed by atoms with van der Waals surface area (Å²) in [6, 6.07) is 6.63. The van der Waals surface area contributed by atoms with E-state index in [2.05, 4.69) is 70.3 Å². The fourth-order valence-corrected chi connectivity index (χ4v) is 3.45. The number of nitrogens with zero attached hydrogens (tertiary/aromatic N) is 2. The molecule has 1 aliphatic rings. The zero-order valence-electron chi connectivity index (χ0n) is 13.5. The molecule has 0 saturated carbocycles. The lowest BCUT2D eigenvalue weighted by molar-refractivity contribution is 0.396. The van der Waals surface area contributed by atoms with Crippen LogP contribution in [0.4, 0.5) is 5.69 Å². The Morgan fingerprint density at radius 1 is 1.43 bits per heavy atom. The summed E-state index contributed by atoms with van der Waals surface area (Å²) in [6.45, 7) is 7.83. The van der Waals surface area contributed by atoms with Crippen LogP contribution in [0.3, 0.4) is 0 Å². The predicted octanol–water partition coefficient (Wildman–Crippen LogP) is 3.34. The third-order valence-electron chi connectivity index (χ3n) is 4.22. The van der Waals surface area contributed by atoms with E-state index in [0.717, 1.165) is 30.0 Å². The normalized spacial score (nSPS) is 19.1. The van der Waals surface area contributed by atoms with Gasteiger partial charge in [0.25, 0.3) is 0 Å². The van der Waals surface area contributed by atoms with E-state index < -0.39 is 0 Å². The number of anilines is 1. The maximum absolute atomic E-state index is 3.61. The third-order valence-corrected chi connectivity index (χ3v) is 4.72. The van der Waals surface area contributed by atoms with Gasteiger partial charge in [-0.15, -0.1) is 0 Å². The van der Waals surface area contributed by atoms with Crippen molar-refractivity contribution in [1.29, 1.82) is 0 Å². The third kappa shape index (κ3) is 4.97. The van der Waals surface area contributed by atoms with Crippen LogP contribution in [0.5, 0.6) is 0 Å². The van der Waals surface area contributed by atoms with Gasteiger partial charge in [-0.2, -0.15) is 0 Å². The van der Waals surface area contributed by atoms with Crippen LogP contribution in [0, 0.1) is 5.92 Å². The molecular weight excluding hydrogens is 326 g/mol. The van der Waals surface area contributed by atoms with Crippen molar-refractivity contribution in [3.63, 3.8) is 0 Å². The summed E-state index contributed by atoms with van der Waals surface area (Å²) in [4.78, 5) is 4.86. The second kappa shape index (κ2) is 8.16. The van der Waals surface area contributed by atoms with Crippen molar-refractivity contribution in [2.45, 2.75) is 26.3 Å². The molecular formula is C17H28BrN3. The molecule has 118 valence electrons. The van der Waals surface area contributed by atoms with E-state index in [4.69, 9.17) is 0 Å². The van der Waals surface area contributed by atoms with E-state index in [1.165, 1.54) is 37.2 Å². The molecule has 1 aliphatic heterocycles. The lowest BCUT2D eigenvalue weighted by Crippen LogP contribution is -2.28. The molecule has 4 heteroatoms. The quantitative estimate of drug-likeness (QED) is 0.758. The van der Waals surface area contributed by atoms with Crippen LogP contribution in [-0.4, -0.2) is 45.2 Å². The number of benzene rings is 1. The number of hydrogen-bond donors (Lipinski definition) is 1. The highest BCUT2D eigenvalue weighted by molar-refractivity contribution is 9.10. The van der Waals surface area contributed by atoms with E-state index in [9.17, 15) is 0 Å². The van der Waals surface area contributed by atoms with Gasteiger partial charge in [0.2, 0.25) is 0 Å². The van der Waals surface area contributed by atoms with Crippen LogP contribution in [0.25, 0.3) is 0 Å². The molecule has 1 unspecified atom stereocenters. The van der Waals surface area contributed by atoms with E-state index in [1.807, 2.05) is 0 Å². The topological polar surface area (TPSA) is 18.5 Å². The van der Waals surface area contributed by atoms with Gasteiger partial charge in [-0.1, -0.05) is 28.9 Å². The summed E-state index contributed by atoms with van der Waals surface area (Å²) in [6.07, 6.45) is 2.49. The lowest BCUT2D eigenvalue weighted by Gasteiger charge is -2.26. The highest BCUT2D eigenvalue weighted by atomic mass is 79.9. The van der Waals surface area contributed by atoms with Crippen LogP contribution in [-0.2, 0) is 6.54 Å². The first kappa shape index (κ1) is 16.8. The van der Waals surface area contributed by atoms with Gasteiger partial charge in [0.1, 0.15) is 0 Å². The Hall–Kier alpha value is -0.580. The van der Waals surface area contributed by atoms with Crippen molar-refractivity contribution in [2.24, 2.45) is 5.92 Å². The Bertz CT molecular complexity index is 450. The van der Waals surface area contributed by atoms with Crippen molar-refractivity contribution in [2.75, 3.05) is 45.2 Å². The monoisotopic (exact) mass is 353 g/mol. The average molecular weight is 354 g/mol. The first-order valence-electron chi connectivity index (χ1n) is 7.99. The molecule has 1 heterocycles. The second-order valence-electron chi connectivity index (χ2n) is 6.25. The molecule has 0 radical (unpaired) electrons. The molecule has 0 aliphatic carbocycles. The first-order valence-corrected chi connectivity index (χ1v) is 8.78. The van der Waals surface area contributed by atoms with Crippen LogP contribution >= 0.6 is 15.9 Å². The van der Waals surface area contributed by atoms with Gasteiger partial charge in [0, 0.05) is 36.8 Å². The fourth-order valence-electron chi connectivity index (χ4n) is 3.10. The zero-order valence-corrected chi connectivity index (χ0v) is 15.1. The second-order valence-corrected chi connectivity index (χ2v) is 7.16. The van der Waals surface area contributed by atoms with Crippen molar-refractivity contribution < 1.29 is 0 Å². The van der Waals surface area contributed by atoms with Crippen molar-refractivity contribution in [3.8, 4) is 0 Å². The summed E-state index contributed by atoms with van der Waals surface area (Å²) in [5, 5.41) is 3.52. The molecule has 0 bridgehead atoms. The van der Waals surface area contributed by atoms with Crippen molar-refractivity contribution >= 4 is 21.6 Å². The molecule has 3 nitrogen and oxygen atoms in total. The van der Waals surface area contributed by atoms with Crippen LogP contribution in [0.2, 0.25) is 0 Å². The Morgan fingerprint density at radius 3 is 2.90 bits per heavy atom. The SMILES string of the molecule is CCCNCc1ccc(Br)cc1N(C)CC1CCN(C)C1. The molecule has 1 N–H and O–H groups in total. The fraction of sp³-hybridized carbons (Fsp3) is 0.647. The van der Waals surface area contributed by atoms with Gasteiger partial charge in [-0.25, -0.2) is 0 Å². The van der Waals surface area contributed by atoms with Crippen LogP contribution in [0.15, 0.2) is 22.7 Å². The van der Waals surface area contributed by atoms with Gasteiger partial charge >= 0.3 is 0 Å². The first-order chi connectivity index (χ1) is 10.1. The molecule has 1 aromatic carbocycles. The molecule has 1 atom stereocenters. The van der Waals surface area contributed by atoms with Crippen LogP contribution in [0.1, 0.15) is 25.3 Å². The van der Waals surface area contributed by atoms with Gasteiger partial charge in [-0.05, 0) is 56.6 Å². The van der Waals surface area contributed by atoms with Crippen molar-refractivity contribution in [3.05, 3.63) is 28.2 Å². The standard InChI is InChI=1S/C17H28BrN3/c1-4-8-19-11-15-5-6-16(18)10-17(15)21(3)13-14-7-9-20(2)12-14/h5-6,10,14,19H,4,7-9,11-13H2,1-3H3. The molecule has 0 amide bonds. The summed E-state index contributed by atoms with van der Waals surface area (Å²) in [7, 11) is 4.45. The van der Waals surface area contributed by atoms with Gasteiger partial charge in [-0.3, -0.25) is 0 Å². The van der Waals surface area contributed by atoms with Gasteiger partial charge < -0.3 is 15.1 Å². The molecule has 0 aromatic heterocycles. The minimum absolute atomic E-state index is 0.787. The number of hydrogen-bond acceptors (Lipinski definition) is 3. The zero-order chi connectivity index (χ0) is 15.2. The molecule has 2 rings (SSSR count). The summed E-state index contributed by atoms with van der Waals surface area (Å²) in [5.74, 6) is 0.787. The maximum Gasteiger partial charge on any atom is 0.0420 e. The minimum atomic E-state index is 0.787. The minimum Gasteiger partial charge on any atom is -0.374 e. The largest absolute Gasteiger partial charge is 0.374 e. The average Bonchev–Trinajstić information content (AvgIpc) is 2.86. The summed E-state index contributed by atoms with van der Waals surface area (Å²) in [5.41, 5.74) is 2.74. The number of halogens is 1. The van der Waals surface area contributed by atoms with E-state index in [0.29, 0.717) is 0 Å². The molecule has 0 spiro atoms. The maximum atomic E-state index is 3.61. The Kier molecular flexibility index (Phi) is 6.52. The number of rotatable bonds is 7. The highest BCUT2D eigenvalue weighted by Gasteiger charge is 2.21. The van der Waals surface area contributed by atoms with Gasteiger partial charge in [0.15, 0.2) is 0 Å². The van der Waals surface area contributed by atoms with E-state index in [-0.39, 0.29) is 0 Å². The Labute approximate surface area is 137 Å². The molecule has 1 aromatic rings. The summed E-state index contributed by atoms with van der Waals surface area (Å²) >= 11 is 3.61. The molecule has 21 heavy (non-hydrogen) atoms. The van der Waals surface area contributed by atoms with Crippen molar-refractivity contribution in [1.82, 2.24) is 10.2 Å². The predicted molar refractivity (Wildman–Crippen MR) is 95.0 cm³/mol. The molecule has 1 saturated heterocycles. The van der Waals surface area contributed by atoms with Crippen LogP contribution < -0.4 is 10.2 Å². The van der Waals surface area contributed by atoms with E-state index in [1.54, 1.807) is 0 Å². The highest BCUT2D eigenvalue weighted by Crippen LogP contribution is 2.26. The van der Waals surface area contributed by atoms with Gasteiger partial charge in [0.05, 0.1) is 0 Å². The lowest BCUT2D eigenvalue weighted by atomic mass is 10.1. The Morgan fingerprint density at radius 2 is 2.24 bits per heavy atom.